The first-order valence-electron chi connectivity index (χ1n) is 10.9. The molecule has 8 heteroatoms. The number of benzene rings is 3. The van der Waals surface area contributed by atoms with Crippen LogP contribution in [0.25, 0.3) is 0 Å². The van der Waals surface area contributed by atoms with E-state index in [0.717, 1.165) is 11.6 Å². The smallest absolute Gasteiger partial charge is 0.411 e. The topological polar surface area (TPSA) is 67.9 Å². The van der Waals surface area contributed by atoms with Crippen LogP contribution in [0.3, 0.4) is 0 Å². The average molecular weight is 466 g/mol. The molecular formula is C26H24F2N2O4. The van der Waals surface area contributed by atoms with Gasteiger partial charge in [-0.25, -0.2) is 13.6 Å². The normalized spacial score (nSPS) is 15.2. The molecule has 1 aliphatic rings. The van der Waals surface area contributed by atoms with Crippen molar-refractivity contribution < 1.29 is 27.8 Å². The summed E-state index contributed by atoms with van der Waals surface area (Å²) in [5, 5.41) is 2.68. The highest BCUT2D eigenvalue weighted by Gasteiger charge is 2.30. The van der Waals surface area contributed by atoms with Crippen LogP contribution in [0.5, 0.6) is 5.75 Å². The first kappa shape index (κ1) is 23.2. The van der Waals surface area contributed by atoms with Gasteiger partial charge >= 0.3 is 6.09 Å². The Morgan fingerprint density at radius 3 is 2.50 bits per heavy atom. The van der Waals surface area contributed by atoms with Gasteiger partial charge < -0.3 is 14.4 Å². The van der Waals surface area contributed by atoms with Crippen molar-refractivity contribution in [3.05, 3.63) is 95.1 Å². The summed E-state index contributed by atoms with van der Waals surface area (Å²) >= 11 is 0. The van der Waals surface area contributed by atoms with Gasteiger partial charge in [-0.2, -0.15) is 0 Å². The first-order chi connectivity index (χ1) is 16.4. The molecule has 1 atom stereocenters. The number of nitrogens with zero attached hydrogens (tertiary/aromatic N) is 1. The number of anilines is 1. The largest absolute Gasteiger partial charge is 0.480 e. The van der Waals surface area contributed by atoms with E-state index in [1.807, 2.05) is 37.3 Å². The van der Waals surface area contributed by atoms with Gasteiger partial charge in [0, 0.05) is 30.4 Å². The van der Waals surface area contributed by atoms with E-state index < -0.39 is 23.8 Å². The number of ether oxygens (including phenoxy) is 2. The highest BCUT2D eigenvalue weighted by molar-refractivity contribution is 5.85. The Morgan fingerprint density at radius 2 is 1.79 bits per heavy atom. The van der Waals surface area contributed by atoms with Gasteiger partial charge in [0.2, 0.25) is 0 Å². The van der Waals surface area contributed by atoms with Gasteiger partial charge in [0.05, 0.1) is 0 Å². The average Bonchev–Trinajstić information content (AvgIpc) is 2.94. The molecule has 1 aliphatic heterocycles. The lowest BCUT2D eigenvalue weighted by Crippen LogP contribution is -2.38. The third kappa shape index (κ3) is 5.70. The van der Waals surface area contributed by atoms with Gasteiger partial charge in [0.25, 0.3) is 5.91 Å². The predicted molar refractivity (Wildman–Crippen MR) is 122 cm³/mol. The molecule has 0 fully saturated rings. The number of hydrogen-bond donors (Lipinski definition) is 1. The summed E-state index contributed by atoms with van der Waals surface area (Å²) in [6.07, 6.45) is -0.916. The quantitative estimate of drug-likeness (QED) is 0.527. The Labute approximate surface area is 196 Å². The van der Waals surface area contributed by atoms with Gasteiger partial charge in [-0.1, -0.05) is 37.3 Å². The number of carbonyl (C=O) groups excluding carboxylic acids is 2. The number of fused-ring (bicyclic) bond motifs is 1. The van der Waals surface area contributed by atoms with Crippen molar-refractivity contribution in [2.24, 2.45) is 0 Å². The first-order valence-corrected chi connectivity index (χ1v) is 10.9. The Hall–Kier alpha value is -3.94. The molecule has 6 nitrogen and oxygen atoms in total. The highest BCUT2D eigenvalue weighted by atomic mass is 19.1. The van der Waals surface area contributed by atoms with E-state index in [1.165, 1.54) is 17.0 Å². The fourth-order valence-corrected chi connectivity index (χ4v) is 3.78. The van der Waals surface area contributed by atoms with Crippen molar-refractivity contribution in [2.75, 3.05) is 5.32 Å². The molecule has 0 bridgehead atoms. The van der Waals surface area contributed by atoms with E-state index in [1.54, 1.807) is 18.2 Å². The number of nitrogens with one attached hydrogen (secondary N) is 1. The third-order valence-electron chi connectivity index (χ3n) is 5.40. The van der Waals surface area contributed by atoms with Crippen LogP contribution < -0.4 is 10.1 Å². The molecule has 0 radical (unpaired) electrons. The summed E-state index contributed by atoms with van der Waals surface area (Å²) in [6.45, 7) is 2.12. The minimum atomic E-state index is -0.727. The Balaban J connectivity index is 1.50. The molecule has 0 spiro atoms. The second-order valence-corrected chi connectivity index (χ2v) is 8.00. The second-order valence-electron chi connectivity index (χ2n) is 8.00. The monoisotopic (exact) mass is 466 g/mol. The van der Waals surface area contributed by atoms with Crippen molar-refractivity contribution >= 4 is 17.7 Å². The molecule has 0 saturated carbocycles. The van der Waals surface area contributed by atoms with E-state index in [9.17, 15) is 18.4 Å². The van der Waals surface area contributed by atoms with Gasteiger partial charge in [-0.15, -0.1) is 0 Å². The van der Waals surface area contributed by atoms with Crippen molar-refractivity contribution in [2.45, 2.75) is 39.1 Å². The van der Waals surface area contributed by atoms with Gasteiger partial charge in [-0.05, 0) is 47.9 Å². The summed E-state index contributed by atoms with van der Waals surface area (Å²) in [5.74, 6) is -1.18. The van der Waals surface area contributed by atoms with Crippen LogP contribution in [0, 0.1) is 11.6 Å². The molecule has 4 rings (SSSR count). The predicted octanol–water partition coefficient (Wildman–Crippen LogP) is 5.41. The van der Waals surface area contributed by atoms with Crippen LogP contribution in [0.15, 0.2) is 66.7 Å². The zero-order valence-electron chi connectivity index (χ0n) is 18.6. The number of hydrogen-bond acceptors (Lipinski definition) is 4. The molecule has 0 aromatic heterocycles. The maximum Gasteiger partial charge on any atom is 0.411 e. The maximum absolute atomic E-state index is 13.7. The third-order valence-corrected chi connectivity index (χ3v) is 5.40. The Kier molecular flexibility index (Phi) is 7.06. The van der Waals surface area contributed by atoms with Crippen molar-refractivity contribution in [3.8, 4) is 5.75 Å². The molecule has 0 aliphatic carbocycles. The van der Waals surface area contributed by atoms with Crippen molar-refractivity contribution in [1.29, 1.82) is 0 Å². The van der Waals surface area contributed by atoms with Crippen LogP contribution in [-0.2, 0) is 29.2 Å². The van der Waals surface area contributed by atoms with Crippen molar-refractivity contribution in [1.82, 2.24) is 4.90 Å². The number of halogens is 2. The lowest BCUT2D eigenvalue weighted by molar-refractivity contribution is -0.139. The molecule has 2 amide bonds. The van der Waals surface area contributed by atoms with Crippen LogP contribution >= 0.6 is 0 Å². The molecule has 1 unspecified atom stereocenters. The summed E-state index contributed by atoms with van der Waals surface area (Å²) in [4.78, 5) is 26.8. The van der Waals surface area contributed by atoms with Crippen LogP contribution in [0.2, 0.25) is 0 Å². The van der Waals surface area contributed by atoms with Crippen LogP contribution in [0.1, 0.15) is 30.0 Å². The number of carbonyl (C=O) groups is 2. The zero-order valence-corrected chi connectivity index (χ0v) is 18.6. The van der Waals surface area contributed by atoms with Crippen LogP contribution in [0.4, 0.5) is 19.3 Å². The van der Waals surface area contributed by atoms with Gasteiger partial charge in [0.15, 0.2) is 6.10 Å². The molecule has 1 N–H and O–H groups in total. The number of amides is 2. The summed E-state index contributed by atoms with van der Waals surface area (Å²) in [6, 6.07) is 17.5. The maximum atomic E-state index is 13.7. The molecule has 3 aromatic rings. The Bertz CT molecular complexity index is 1170. The Morgan fingerprint density at radius 1 is 1.06 bits per heavy atom. The minimum absolute atomic E-state index is 0.0174. The van der Waals surface area contributed by atoms with E-state index in [2.05, 4.69) is 5.32 Å². The lowest BCUT2D eigenvalue weighted by atomic mass is 10.1. The van der Waals surface area contributed by atoms with Gasteiger partial charge in [-0.3, -0.25) is 10.1 Å². The van der Waals surface area contributed by atoms with E-state index in [-0.39, 0.29) is 25.6 Å². The molecule has 0 saturated heterocycles. The zero-order chi connectivity index (χ0) is 24.1. The molecule has 176 valence electrons. The molecular weight excluding hydrogens is 442 g/mol. The second kappa shape index (κ2) is 10.3. The molecule has 34 heavy (non-hydrogen) atoms. The SMILES string of the molecule is CCC1Oc2ccc(NC(=O)OCc3ccccc3)cc2CN(Cc2cc(F)cc(F)c2)C1=O. The molecule has 1 heterocycles. The highest BCUT2D eigenvalue weighted by Crippen LogP contribution is 2.30. The fourth-order valence-electron chi connectivity index (χ4n) is 3.78. The summed E-state index contributed by atoms with van der Waals surface area (Å²) < 4.78 is 38.5. The summed E-state index contributed by atoms with van der Waals surface area (Å²) in [5.41, 5.74) is 2.33. The minimum Gasteiger partial charge on any atom is -0.480 e. The van der Waals surface area contributed by atoms with Gasteiger partial charge in [0.1, 0.15) is 24.0 Å². The van der Waals surface area contributed by atoms with E-state index in [4.69, 9.17) is 9.47 Å². The van der Waals surface area contributed by atoms with E-state index >= 15 is 0 Å². The molecule has 3 aromatic carbocycles. The fraction of sp³-hybridized carbons (Fsp3) is 0.231. The van der Waals surface area contributed by atoms with Crippen LogP contribution in [-0.4, -0.2) is 23.0 Å². The lowest BCUT2D eigenvalue weighted by Gasteiger charge is -2.23. The standard InChI is InChI=1S/C26H24F2N2O4/c1-2-23-25(31)30(14-18-10-20(27)13-21(28)11-18)15-19-12-22(8-9-24(19)34-23)29-26(32)33-16-17-6-4-3-5-7-17/h3-13,23H,2,14-16H2,1H3,(H,29,32). The van der Waals surface area contributed by atoms with E-state index in [0.29, 0.717) is 29.0 Å². The van der Waals surface area contributed by atoms with Crippen molar-refractivity contribution in [3.63, 3.8) is 0 Å². The summed E-state index contributed by atoms with van der Waals surface area (Å²) in [7, 11) is 0. The number of rotatable bonds is 6.